The molecular weight excluding hydrogens is 272 g/mol. The Balaban J connectivity index is 2.81. The van der Waals surface area contributed by atoms with Crippen molar-refractivity contribution in [1.82, 2.24) is 5.32 Å². The predicted molar refractivity (Wildman–Crippen MR) is 74.7 cm³/mol. The molecule has 21 heavy (non-hydrogen) atoms. The normalized spacial score (nSPS) is 14.4. The van der Waals surface area contributed by atoms with E-state index in [4.69, 9.17) is 5.26 Å². The fourth-order valence-corrected chi connectivity index (χ4v) is 1.84. The molecule has 0 saturated carbocycles. The smallest absolute Gasteiger partial charge is 0.328 e. The Labute approximate surface area is 123 Å². The van der Waals surface area contributed by atoms with Crippen molar-refractivity contribution in [3.63, 3.8) is 0 Å². The van der Waals surface area contributed by atoms with Crippen molar-refractivity contribution < 1.29 is 19.4 Å². The van der Waals surface area contributed by atoms with Crippen LogP contribution >= 0.6 is 0 Å². The number of hydrogen-bond acceptors (Lipinski definition) is 5. The summed E-state index contributed by atoms with van der Waals surface area (Å²) in [5.41, 5.74) is 0.423. The summed E-state index contributed by atoms with van der Waals surface area (Å²) in [7, 11) is 1.20. The van der Waals surface area contributed by atoms with Crippen LogP contribution in [0.15, 0.2) is 30.3 Å². The molecule has 0 spiro atoms. The van der Waals surface area contributed by atoms with Crippen molar-refractivity contribution in [2.45, 2.75) is 25.5 Å². The van der Waals surface area contributed by atoms with Crippen molar-refractivity contribution in [3.8, 4) is 6.07 Å². The summed E-state index contributed by atoms with van der Waals surface area (Å²) in [5, 5.41) is 21.1. The van der Waals surface area contributed by atoms with Crippen LogP contribution in [0.3, 0.4) is 0 Å². The van der Waals surface area contributed by atoms with Crippen LogP contribution in [-0.4, -0.2) is 30.1 Å². The molecule has 6 heteroatoms. The molecule has 1 rings (SSSR count). The minimum Gasteiger partial charge on any atom is -0.467 e. The molecule has 0 aliphatic heterocycles. The highest BCUT2D eigenvalue weighted by Gasteiger charge is 2.30. The Morgan fingerprint density at radius 2 is 2.00 bits per heavy atom. The molecule has 1 aromatic carbocycles. The number of amides is 1. The summed E-state index contributed by atoms with van der Waals surface area (Å²) in [6.07, 6.45) is -1.30. The maximum absolute atomic E-state index is 12.0. The molecule has 0 heterocycles. The number of rotatable bonds is 6. The first-order valence-corrected chi connectivity index (χ1v) is 6.49. The maximum atomic E-state index is 12.0. The van der Waals surface area contributed by atoms with Gasteiger partial charge in [-0.05, 0) is 5.56 Å². The van der Waals surface area contributed by atoms with Gasteiger partial charge in [0.1, 0.15) is 6.04 Å². The fraction of sp³-hybridized carbons (Fsp3) is 0.400. The number of aliphatic hydroxyl groups is 1. The Morgan fingerprint density at radius 1 is 1.38 bits per heavy atom. The second kappa shape index (κ2) is 8.02. The molecule has 0 aliphatic carbocycles. The van der Waals surface area contributed by atoms with Gasteiger partial charge in [0.05, 0.1) is 13.2 Å². The van der Waals surface area contributed by atoms with E-state index in [1.807, 2.05) is 6.07 Å². The lowest BCUT2D eigenvalue weighted by atomic mass is 9.98. The van der Waals surface area contributed by atoms with Crippen LogP contribution in [0.25, 0.3) is 0 Å². The number of nitrogens with one attached hydrogen (secondary N) is 1. The highest BCUT2D eigenvalue weighted by Crippen LogP contribution is 2.15. The summed E-state index contributed by atoms with van der Waals surface area (Å²) in [5.74, 6) is -1.78. The Hall–Kier alpha value is -2.39. The van der Waals surface area contributed by atoms with E-state index in [-0.39, 0.29) is 6.42 Å². The monoisotopic (exact) mass is 290 g/mol. The number of nitriles is 1. The summed E-state index contributed by atoms with van der Waals surface area (Å²) in [6, 6.07) is 9.34. The minimum atomic E-state index is -1.38. The van der Waals surface area contributed by atoms with Gasteiger partial charge in [0.2, 0.25) is 0 Å². The number of esters is 1. The van der Waals surface area contributed by atoms with Gasteiger partial charge in [-0.2, -0.15) is 5.26 Å². The summed E-state index contributed by atoms with van der Waals surface area (Å²) in [4.78, 5) is 23.7. The first kappa shape index (κ1) is 16.7. The number of nitrogens with zero attached hydrogens (tertiary/aromatic N) is 1. The Bertz CT molecular complexity index is 524. The van der Waals surface area contributed by atoms with Gasteiger partial charge in [0, 0.05) is 12.3 Å². The van der Waals surface area contributed by atoms with Gasteiger partial charge in [0.15, 0.2) is 6.10 Å². The van der Waals surface area contributed by atoms with Crippen molar-refractivity contribution in [2.24, 2.45) is 5.92 Å². The molecule has 0 bridgehead atoms. The van der Waals surface area contributed by atoms with E-state index in [0.717, 1.165) is 0 Å². The van der Waals surface area contributed by atoms with E-state index in [1.54, 1.807) is 37.3 Å². The molecule has 0 unspecified atom stereocenters. The first-order chi connectivity index (χ1) is 10.0. The predicted octanol–water partition coefficient (Wildman–Crippen LogP) is 0.928. The lowest BCUT2D eigenvalue weighted by Gasteiger charge is -2.22. The lowest BCUT2D eigenvalue weighted by Crippen LogP contribution is -2.47. The number of aliphatic hydroxyl groups excluding tert-OH is 1. The molecular formula is C15H18N2O4. The van der Waals surface area contributed by atoms with Crippen LogP contribution in [0.1, 0.15) is 25.0 Å². The molecule has 0 fully saturated rings. The van der Waals surface area contributed by atoms with Crippen molar-refractivity contribution in [1.29, 1.82) is 5.26 Å². The highest BCUT2D eigenvalue weighted by atomic mass is 16.5. The van der Waals surface area contributed by atoms with Gasteiger partial charge in [-0.1, -0.05) is 37.3 Å². The Morgan fingerprint density at radius 3 is 2.52 bits per heavy atom. The van der Waals surface area contributed by atoms with Crippen molar-refractivity contribution in [3.05, 3.63) is 35.9 Å². The number of benzene rings is 1. The van der Waals surface area contributed by atoms with Gasteiger partial charge < -0.3 is 15.2 Å². The molecule has 0 aromatic heterocycles. The van der Waals surface area contributed by atoms with Gasteiger partial charge in [0.25, 0.3) is 5.91 Å². The fourth-order valence-electron chi connectivity index (χ4n) is 1.84. The third-order valence-corrected chi connectivity index (χ3v) is 3.10. The SMILES string of the molecule is COC(=O)[C@H](NC(=O)[C@@H](O)c1ccccc1)[C@@H](C)CC#N. The van der Waals surface area contributed by atoms with Gasteiger partial charge in [-0.3, -0.25) is 4.79 Å². The van der Waals surface area contributed by atoms with E-state index < -0.39 is 29.9 Å². The zero-order valence-corrected chi connectivity index (χ0v) is 11.9. The molecule has 6 nitrogen and oxygen atoms in total. The average molecular weight is 290 g/mol. The van der Waals surface area contributed by atoms with Crippen molar-refractivity contribution in [2.75, 3.05) is 7.11 Å². The average Bonchev–Trinajstić information content (AvgIpc) is 2.51. The number of ether oxygens (including phenoxy) is 1. The number of methoxy groups -OCH3 is 1. The number of carbonyl (C=O) groups is 2. The van der Waals surface area contributed by atoms with Crippen LogP contribution < -0.4 is 5.32 Å². The zero-order chi connectivity index (χ0) is 15.8. The molecule has 2 N–H and O–H groups in total. The van der Waals surface area contributed by atoms with Crippen LogP contribution in [0, 0.1) is 17.2 Å². The van der Waals surface area contributed by atoms with Crippen LogP contribution in [0.2, 0.25) is 0 Å². The summed E-state index contributed by atoms with van der Waals surface area (Å²) < 4.78 is 4.62. The topological polar surface area (TPSA) is 99.4 Å². The lowest BCUT2D eigenvalue weighted by molar-refractivity contribution is -0.147. The quantitative estimate of drug-likeness (QED) is 0.759. The third kappa shape index (κ3) is 4.58. The molecule has 1 aromatic rings. The van der Waals surface area contributed by atoms with Gasteiger partial charge >= 0.3 is 5.97 Å². The second-order valence-electron chi connectivity index (χ2n) is 4.66. The Kier molecular flexibility index (Phi) is 6.37. The summed E-state index contributed by atoms with van der Waals surface area (Å²) >= 11 is 0. The minimum absolute atomic E-state index is 0.0848. The van der Waals surface area contributed by atoms with E-state index in [1.165, 1.54) is 7.11 Å². The molecule has 1 amide bonds. The van der Waals surface area contributed by atoms with Gasteiger partial charge in [-0.25, -0.2) is 4.79 Å². The standard InChI is InChI=1S/C15H18N2O4/c1-10(8-9-16)12(15(20)21-2)17-14(19)13(18)11-6-4-3-5-7-11/h3-7,10,12-13,18H,8H2,1-2H3,(H,17,19)/t10-,12+,13-/m0/s1. The molecule has 3 atom stereocenters. The van der Waals surface area contributed by atoms with E-state index in [2.05, 4.69) is 10.1 Å². The van der Waals surface area contributed by atoms with Crippen LogP contribution in [0.4, 0.5) is 0 Å². The van der Waals surface area contributed by atoms with E-state index in [0.29, 0.717) is 5.56 Å². The van der Waals surface area contributed by atoms with Crippen molar-refractivity contribution >= 4 is 11.9 Å². The first-order valence-electron chi connectivity index (χ1n) is 6.49. The van der Waals surface area contributed by atoms with Crippen LogP contribution in [0.5, 0.6) is 0 Å². The largest absolute Gasteiger partial charge is 0.467 e. The summed E-state index contributed by atoms with van der Waals surface area (Å²) in [6.45, 7) is 1.65. The third-order valence-electron chi connectivity index (χ3n) is 3.10. The molecule has 0 aliphatic rings. The highest BCUT2D eigenvalue weighted by molar-refractivity contribution is 5.87. The van der Waals surface area contributed by atoms with E-state index in [9.17, 15) is 14.7 Å². The van der Waals surface area contributed by atoms with Gasteiger partial charge in [-0.15, -0.1) is 0 Å². The number of hydrogen-bond donors (Lipinski definition) is 2. The molecule has 0 radical (unpaired) electrons. The zero-order valence-electron chi connectivity index (χ0n) is 11.9. The van der Waals surface area contributed by atoms with Crippen LogP contribution in [-0.2, 0) is 14.3 Å². The molecule has 0 saturated heterocycles. The number of carbonyl (C=O) groups excluding carboxylic acids is 2. The second-order valence-corrected chi connectivity index (χ2v) is 4.66. The molecule has 112 valence electrons. The maximum Gasteiger partial charge on any atom is 0.328 e. The van der Waals surface area contributed by atoms with E-state index >= 15 is 0 Å².